The molecule has 29 heavy (non-hydrogen) atoms. The SMILES string of the molecule is Cn1cnnc1SCCNC(=O)c1ccc(C2CCCN2)s1.O=C(O)C(F)(F)F. The average molecular weight is 451 g/mol. The number of thiophene rings is 1. The molecule has 1 aliphatic rings. The molecule has 0 aliphatic carbocycles. The van der Waals surface area contributed by atoms with Crippen LogP contribution in [-0.4, -0.2) is 56.8 Å². The highest BCUT2D eigenvalue weighted by Crippen LogP contribution is 2.29. The van der Waals surface area contributed by atoms with Gasteiger partial charge in [-0.05, 0) is 31.5 Å². The fourth-order valence-electron chi connectivity index (χ4n) is 2.39. The van der Waals surface area contributed by atoms with Gasteiger partial charge in [-0.2, -0.15) is 13.2 Å². The molecule has 0 bridgehead atoms. The minimum atomic E-state index is -5.08. The number of aryl methyl sites for hydroxylation is 1. The van der Waals surface area contributed by atoms with Gasteiger partial charge in [-0.25, -0.2) is 4.79 Å². The fraction of sp³-hybridized carbons (Fsp3) is 0.500. The Labute approximate surface area is 172 Å². The highest BCUT2D eigenvalue weighted by molar-refractivity contribution is 7.99. The van der Waals surface area contributed by atoms with Crippen molar-refractivity contribution in [2.45, 2.75) is 30.2 Å². The maximum Gasteiger partial charge on any atom is 0.490 e. The van der Waals surface area contributed by atoms with Crippen molar-refractivity contribution in [2.75, 3.05) is 18.8 Å². The standard InChI is InChI=1S/C14H19N5OS2.C2HF3O2/c1-19-9-17-18-14(19)21-8-7-16-13(20)12-5-4-11(22-12)10-3-2-6-15-10;3-2(4,5)1(6)7/h4-5,9-10,15H,2-3,6-8H2,1H3,(H,16,20);(H,6,7). The summed E-state index contributed by atoms with van der Waals surface area (Å²) in [5, 5.41) is 22.2. The zero-order valence-corrected chi connectivity index (χ0v) is 17.0. The van der Waals surface area contributed by atoms with E-state index in [-0.39, 0.29) is 5.91 Å². The van der Waals surface area contributed by atoms with Gasteiger partial charge in [0.25, 0.3) is 5.91 Å². The number of amides is 1. The molecule has 0 saturated carbocycles. The molecular formula is C16H20F3N5O3S2. The molecule has 0 spiro atoms. The van der Waals surface area contributed by atoms with Crippen LogP contribution in [0.3, 0.4) is 0 Å². The van der Waals surface area contributed by atoms with Crippen LogP contribution in [0.25, 0.3) is 0 Å². The third-order valence-corrected chi connectivity index (χ3v) is 6.02. The topological polar surface area (TPSA) is 109 Å². The molecule has 1 saturated heterocycles. The van der Waals surface area contributed by atoms with Gasteiger partial charge in [-0.3, -0.25) is 4.79 Å². The second-order valence-electron chi connectivity index (χ2n) is 5.98. The largest absolute Gasteiger partial charge is 0.490 e. The van der Waals surface area contributed by atoms with Crippen molar-refractivity contribution in [3.05, 3.63) is 28.2 Å². The molecule has 1 unspecified atom stereocenters. The highest BCUT2D eigenvalue weighted by atomic mass is 32.2. The first-order valence-corrected chi connectivity index (χ1v) is 10.4. The smallest absolute Gasteiger partial charge is 0.475 e. The molecule has 13 heteroatoms. The summed E-state index contributed by atoms with van der Waals surface area (Å²) in [6, 6.07) is 4.42. The Morgan fingerprint density at radius 1 is 1.45 bits per heavy atom. The van der Waals surface area contributed by atoms with Crippen molar-refractivity contribution in [3.63, 3.8) is 0 Å². The van der Waals surface area contributed by atoms with E-state index < -0.39 is 12.1 Å². The highest BCUT2D eigenvalue weighted by Gasteiger charge is 2.38. The van der Waals surface area contributed by atoms with Gasteiger partial charge < -0.3 is 20.3 Å². The monoisotopic (exact) mass is 451 g/mol. The van der Waals surface area contributed by atoms with Gasteiger partial charge in [0, 0.05) is 30.3 Å². The van der Waals surface area contributed by atoms with Crippen molar-refractivity contribution >= 4 is 35.0 Å². The maximum absolute atomic E-state index is 12.1. The first-order chi connectivity index (χ1) is 13.7. The summed E-state index contributed by atoms with van der Waals surface area (Å²) >= 11 is 3.17. The van der Waals surface area contributed by atoms with E-state index in [1.54, 1.807) is 29.4 Å². The number of hydrogen-bond acceptors (Lipinski definition) is 7. The van der Waals surface area contributed by atoms with Crippen molar-refractivity contribution in [2.24, 2.45) is 7.05 Å². The predicted octanol–water partition coefficient (Wildman–Crippen LogP) is 2.46. The van der Waals surface area contributed by atoms with Crippen molar-refractivity contribution in [3.8, 4) is 0 Å². The van der Waals surface area contributed by atoms with E-state index in [4.69, 9.17) is 9.90 Å². The minimum absolute atomic E-state index is 0.00723. The maximum atomic E-state index is 12.1. The first kappa shape index (κ1) is 23.2. The van der Waals surface area contributed by atoms with Crippen LogP contribution < -0.4 is 10.6 Å². The molecule has 3 N–H and O–H groups in total. The third-order valence-electron chi connectivity index (χ3n) is 3.79. The van der Waals surface area contributed by atoms with E-state index >= 15 is 0 Å². The van der Waals surface area contributed by atoms with Gasteiger partial charge in [0.1, 0.15) is 6.33 Å². The quantitative estimate of drug-likeness (QED) is 0.457. The minimum Gasteiger partial charge on any atom is -0.475 e. The lowest BCUT2D eigenvalue weighted by Crippen LogP contribution is -2.24. The summed E-state index contributed by atoms with van der Waals surface area (Å²) in [7, 11) is 1.91. The molecule has 1 fully saturated rings. The van der Waals surface area contributed by atoms with Crippen LogP contribution in [0, 0.1) is 0 Å². The number of carbonyl (C=O) groups is 2. The number of rotatable bonds is 6. The zero-order chi connectivity index (χ0) is 21.4. The average Bonchev–Trinajstić information content (AvgIpc) is 3.39. The van der Waals surface area contributed by atoms with Crippen LogP contribution in [-0.2, 0) is 11.8 Å². The molecule has 3 heterocycles. The number of nitrogens with one attached hydrogen (secondary N) is 2. The van der Waals surface area contributed by atoms with Crippen molar-refractivity contribution in [1.82, 2.24) is 25.4 Å². The Kier molecular flexibility index (Phi) is 8.46. The van der Waals surface area contributed by atoms with E-state index in [1.807, 2.05) is 17.7 Å². The number of carboxylic acids is 1. The van der Waals surface area contributed by atoms with E-state index in [1.165, 1.54) is 11.3 Å². The van der Waals surface area contributed by atoms with Gasteiger partial charge in [0.2, 0.25) is 0 Å². The van der Waals surface area contributed by atoms with Gasteiger partial charge in [0.05, 0.1) is 4.88 Å². The molecule has 0 aromatic carbocycles. The summed E-state index contributed by atoms with van der Waals surface area (Å²) in [4.78, 5) is 23.1. The molecule has 1 atom stereocenters. The van der Waals surface area contributed by atoms with Crippen LogP contribution in [0.15, 0.2) is 23.6 Å². The Bertz CT molecular complexity index is 819. The second-order valence-corrected chi connectivity index (χ2v) is 8.16. The van der Waals surface area contributed by atoms with Crippen LogP contribution >= 0.6 is 23.1 Å². The van der Waals surface area contributed by atoms with Crippen LogP contribution in [0.1, 0.15) is 33.4 Å². The van der Waals surface area contributed by atoms with Gasteiger partial charge in [-0.15, -0.1) is 21.5 Å². The van der Waals surface area contributed by atoms with Crippen LogP contribution in [0.2, 0.25) is 0 Å². The molecule has 1 amide bonds. The number of nitrogens with zero attached hydrogens (tertiary/aromatic N) is 3. The number of alkyl halides is 3. The van der Waals surface area contributed by atoms with Crippen molar-refractivity contribution < 1.29 is 27.9 Å². The Hall–Kier alpha value is -2.12. The molecule has 0 radical (unpaired) electrons. The second kappa shape index (κ2) is 10.6. The van der Waals surface area contributed by atoms with Crippen molar-refractivity contribution in [1.29, 1.82) is 0 Å². The molecule has 3 rings (SSSR count). The molecule has 2 aromatic heterocycles. The summed E-state index contributed by atoms with van der Waals surface area (Å²) < 4.78 is 33.6. The number of halogens is 3. The van der Waals surface area contributed by atoms with E-state index in [0.29, 0.717) is 12.6 Å². The lowest BCUT2D eigenvalue weighted by molar-refractivity contribution is -0.192. The number of aromatic nitrogens is 3. The Balaban J connectivity index is 0.000000370. The predicted molar refractivity (Wildman–Crippen MR) is 102 cm³/mol. The third kappa shape index (κ3) is 7.33. The molecule has 1 aliphatic heterocycles. The summed E-state index contributed by atoms with van der Waals surface area (Å²) in [6.45, 7) is 1.69. The summed E-state index contributed by atoms with van der Waals surface area (Å²) in [6.07, 6.45) is -1.04. The zero-order valence-electron chi connectivity index (χ0n) is 15.4. The number of carbonyl (C=O) groups excluding carboxylic acids is 1. The lowest BCUT2D eigenvalue weighted by atomic mass is 10.2. The Morgan fingerprint density at radius 3 is 2.72 bits per heavy atom. The van der Waals surface area contributed by atoms with E-state index in [0.717, 1.165) is 28.8 Å². The molecule has 160 valence electrons. The molecule has 2 aromatic rings. The lowest BCUT2D eigenvalue weighted by Gasteiger charge is -2.06. The van der Waals surface area contributed by atoms with E-state index in [9.17, 15) is 18.0 Å². The molecule has 8 nitrogen and oxygen atoms in total. The normalized spacial score (nSPS) is 16.2. The van der Waals surface area contributed by atoms with Crippen LogP contribution in [0.5, 0.6) is 0 Å². The number of aliphatic carboxylic acids is 1. The summed E-state index contributed by atoms with van der Waals surface area (Å²) in [5.41, 5.74) is 0. The van der Waals surface area contributed by atoms with Gasteiger partial charge in [-0.1, -0.05) is 11.8 Å². The van der Waals surface area contributed by atoms with E-state index in [2.05, 4.69) is 26.9 Å². The number of carboxylic acid groups (broad SMARTS) is 1. The number of thioether (sulfide) groups is 1. The fourth-order valence-corrected chi connectivity index (χ4v) is 4.16. The number of hydrogen-bond donors (Lipinski definition) is 3. The molecular weight excluding hydrogens is 431 g/mol. The summed E-state index contributed by atoms with van der Waals surface area (Å²) in [5.74, 6) is -1.97. The Morgan fingerprint density at radius 2 is 2.17 bits per heavy atom. The van der Waals surface area contributed by atoms with Gasteiger partial charge >= 0.3 is 12.1 Å². The first-order valence-electron chi connectivity index (χ1n) is 8.56. The van der Waals surface area contributed by atoms with Crippen LogP contribution in [0.4, 0.5) is 13.2 Å². The van der Waals surface area contributed by atoms with Gasteiger partial charge in [0.15, 0.2) is 5.16 Å².